The summed E-state index contributed by atoms with van der Waals surface area (Å²) in [5.41, 5.74) is 1.20. The highest BCUT2D eigenvalue weighted by molar-refractivity contribution is 5.76. The number of aromatic nitrogens is 2. The van der Waals surface area contributed by atoms with Crippen LogP contribution in [0.4, 0.5) is 4.79 Å². The van der Waals surface area contributed by atoms with E-state index in [1.807, 2.05) is 14.0 Å². The quantitative estimate of drug-likeness (QED) is 0.900. The van der Waals surface area contributed by atoms with Crippen LogP contribution in [-0.2, 0) is 16.6 Å². The van der Waals surface area contributed by atoms with E-state index in [0.29, 0.717) is 6.54 Å². The summed E-state index contributed by atoms with van der Waals surface area (Å²) in [5, 5.41) is 13.6. The maximum absolute atomic E-state index is 12.2. The van der Waals surface area contributed by atoms with Crippen molar-refractivity contribution in [1.82, 2.24) is 14.7 Å². The molecule has 2 heterocycles. The van der Waals surface area contributed by atoms with E-state index in [1.165, 1.54) is 4.90 Å². The Balaban J connectivity index is 2.22. The molecule has 0 aliphatic carbocycles. The number of likely N-dealkylation sites (tertiary alicyclic amines) is 1. The van der Waals surface area contributed by atoms with Gasteiger partial charge in [0.25, 0.3) is 0 Å². The third-order valence-electron chi connectivity index (χ3n) is 3.96. The standard InChI is InChI=1S/C15H23N3O4/c1-9-10(6-16-17(9)5)11-7-18(8-12(11)13(19)20)14(21)22-15(2,3)4/h6,11-12H,7-8H2,1-5H3,(H,19,20). The molecule has 122 valence electrons. The molecular formula is C15H23N3O4. The van der Waals surface area contributed by atoms with Crippen LogP contribution in [0.3, 0.4) is 0 Å². The fourth-order valence-electron chi connectivity index (χ4n) is 2.72. The van der Waals surface area contributed by atoms with Gasteiger partial charge in [0.15, 0.2) is 0 Å². The summed E-state index contributed by atoms with van der Waals surface area (Å²) in [5.74, 6) is -1.81. The first-order chi connectivity index (χ1) is 10.1. The van der Waals surface area contributed by atoms with E-state index >= 15 is 0 Å². The first-order valence-corrected chi connectivity index (χ1v) is 7.29. The summed E-state index contributed by atoms with van der Waals surface area (Å²) < 4.78 is 7.06. The average Bonchev–Trinajstić information content (AvgIpc) is 2.93. The van der Waals surface area contributed by atoms with Crippen LogP contribution >= 0.6 is 0 Å². The van der Waals surface area contributed by atoms with Crippen molar-refractivity contribution in [2.24, 2.45) is 13.0 Å². The maximum atomic E-state index is 12.2. The van der Waals surface area contributed by atoms with Crippen LogP contribution in [0.15, 0.2) is 6.20 Å². The number of aryl methyl sites for hydroxylation is 1. The molecule has 7 nitrogen and oxygen atoms in total. The molecule has 1 amide bonds. The minimum absolute atomic E-state index is 0.156. The van der Waals surface area contributed by atoms with Crippen LogP contribution in [0, 0.1) is 12.8 Å². The Labute approximate surface area is 129 Å². The fourth-order valence-corrected chi connectivity index (χ4v) is 2.72. The number of carboxylic acid groups (broad SMARTS) is 1. The predicted octanol–water partition coefficient (Wildman–Crippen LogP) is 1.76. The first kappa shape index (κ1) is 16.3. The summed E-state index contributed by atoms with van der Waals surface area (Å²) in [6.45, 7) is 7.76. The molecule has 1 N–H and O–H groups in total. The minimum atomic E-state index is -0.903. The Morgan fingerprint density at radius 2 is 2.00 bits per heavy atom. The first-order valence-electron chi connectivity index (χ1n) is 7.29. The van der Waals surface area contributed by atoms with Crippen molar-refractivity contribution in [1.29, 1.82) is 0 Å². The molecule has 1 fully saturated rings. The van der Waals surface area contributed by atoms with Crippen molar-refractivity contribution in [3.05, 3.63) is 17.5 Å². The molecular weight excluding hydrogens is 286 g/mol. The van der Waals surface area contributed by atoms with E-state index in [0.717, 1.165) is 11.3 Å². The van der Waals surface area contributed by atoms with Crippen molar-refractivity contribution in [2.45, 2.75) is 39.2 Å². The molecule has 1 aromatic rings. The number of carbonyl (C=O) groups is 2. The van der Waals surface area contributed by atoms with Crippen LogP contribution in [-0.4, -0.2) is 50.5 Å². The average molecular weight is 309 g/mol. The number of carboxylic acids is 1. The van der Waals surface area contributed by atoms with Gasteiger partial charge in [-0.2, -0.15) is 5.10 Å². The predicted molar refractivity (Wildman–Crippen MR) is 79.6 cm³/mol. The summed E-state index contributed by atoms with van der Waals surface area (Å²) >= 11 is 0. The van der Waals surface area contributed by atoms with Gasteiger partial charge in [0.05, 0.1) is 12.1 Å². The number of ether oxygens (including phenoxy) is 1. The molecule has 1 saturated heterocycles. The van der Waals surface area contributed by atoms with Crippen molar-refractivity contribution < 1.29 is 19.4 Å². The molecule has 0 spiro atoms. The van der Waals surface area contributed by atoms with E-state index in [9.17, 15) is 14.7 Å². The van der Waals surface area contributed by atoms with Crippen LogP contribution in [0.25, 0.3) is 0 Å². The van der Waals surface area contributed by atoms with Crippen LogP contribution in [0.2, 0.25) is 0 Å². The van der Waals surface area contributed by atoms with Gasteiger partial charge in [0, 0.05) is 31.7 Å². The molecule has 2 unspecified atom stereocenters. The van der Waals surface area contributed by atoms with Gasteiger partial charge in [-0.1, -0.05) is 0 Å². The fraction of sp³-hybridized carbons (Fsp3) is 0.667. The van der Waals surface area contributed by atoms with Gasteiger partial charge in [0.2, 0.25) is 0 Å². The molecule has 1 aliphatic heterocycles. The lowest BCUT2D eigenvalue weighted by Gasteiger charge is -2.24. The van der Waals surface area contributed by atoms with Gasteiger partial charge >= 0.3 is 12.1 Å². The SMILES string of the molecule is Cc1c(C2CN(C(=O)OC(C)(C)C)CC2C(=O)O)cnn1C. The highest BCUT2D eigenvalue weighted by atomic mass is 16.6. The number of hydrogen-bond donors (Lipinski definition) is 1. The summed E-state index contributed by atoms with van der Waals surface area (Å²) in [6.07, 6.45) is 1.22. The van der Waals surface area contributed by atoms with Crippen LogP contribution in [0.1, 0.15) is 37.9 Å². The van der Waals surface area contributed by atoms with Crippen molar-refractivity contribution in [3.63, 3.8) is 0 Å². The van der Waals surface area contributed by atoms with Crippen LogP contribution < -0.4 is 0 Å². The van der Waals surface area contributed by atoms with E-state index in [1.54, 1.807) is 31.6 Å². The molecule has 2 rings (SSSR count). The summed E-state index contributed by atoms with van der Waals surface area (Å²) in [6, 6.07) is 0. The lowest BCUT2D eigenvalue weighted by molar-refractivity contribution is -0.141. The normalized spacial score (nSPS) is 22.0. The second-order valence-electron chi connectivity index (χ2n) is 6.75. The molecule has 0 aromatic carbocycles. The number of hydrogen-bond acceptors (Lipinski definition) is 4. The van der Waals surface area contributed by atoms with E-state index in [2.05, 4.69) is 5.10 Å². The van der Waals surface area contributed by atoms with Gasteiger partial charge in [-0.25, -0.2) is 4.79 Å². The Morgan fingerprint density at radius 3 is 2.45 bits per heavy atom. The van der Waals surface area contributed by atoms with Crippen molar-refractivity contribution >= 4 is 12.1 Å². The number of carbonyl (C=O) groups excluding carboxylic acids is 1. The third kappa shape index (κ3) is 3.23. The Hall–Kier alpha value is -2.05. The zero-order valence-corrected chi connectivity index (χ0v) is 13.7. The minimum Gasteiger partial charge on any atom is -0.481 e. The number of aliphatic carboxylic acids is 1. The van der Waals surface area contributed by atoms with E-state index in [-0.39, 0.29) is 12.5 Å². The molecule has 2 atom stereocenters. The van der Waals surface area contributed by atoms with Gasteiger partial charge < -0.3 is 14.7 Å². The number of nitrogens with zero attached hydrogens (tertiary/aromatic N) is 3. The smallest absolute Gasteiger partial charge is 0.410 e. The van der Waals surface area contributed by atoms with Gasteiger partial charge in [0.1, 0.15) is 5.60 Å². The Morgan fingerprint density at radius 1 is 1.36 bits per heavy atom. The van der Waals surface area contributed by atoms with Crippen LogP contribution in [0.5, 0.6) is 0 Å². The van der Waals surface area contributed by atoms with E-state index < -0.39 is 23.6 Å². The van der Waals surface area contributed by atoms with Crippen molar-refractivity contribution in [2.75, 3.05) is 13.1 Å². The Kier molecular flexibility index (Phi) is 4.17. The molecule has 1 aromatic heterocycles. The zero-order valence-electron chi connectivity index (χ0n) is 13.7. The maximum Gasteiger partial charge on any atom is 0.410 e. The summed E-state index contributed by atoms with van der Waals surface area (Å²) in [4.78, 5) is 25.2. The number of rotatable bonds is 2. The molecule has 0 saturated carbocycles. The third-order valence-corrected chi connectivity index (χ3v) is 3.96. The van der Waals surface area contributed by atoms with Gasteiger partial charge in [-0.05, 0) is 33.3 Å². The Bertz CT molecular complexity index is 588. The van der Waals surface area contributed by atoms with E-state index in [4.69, 9.17) is 4.74 Å². The van der Waals surface area contributed by atoms with Gasteiger partial charge in [-0.15, -0.1) is 0 Å². The molecule has 0 bridgehead atoms. The zero-order chi connectivity index (χ0) is 16.7. The topological polar surface area (TPSA) is 84.7 Å². The lowest BCUT2D eigenvalue weighted by Crippen LogP contribution is -2.35. The van der Waals surface area contributed by atoms with Gasteiger partial charge in [-0.3, -0.25) is 9.48 Å². The molecule has 1 aliphatic rings. The molecule has 22 heavy (non-hydrogen) atoms. The largest absolute Gasteiger partial charge is 0.481 e. The summed E-state index contributed by atoms with van der Waals surface area (Å²) in [7, 11) is 1.81. The second kappa shape index (κ2) is 5.62. The number of amides is 1. The molecule has 0 radical (unpaired) electrons. The second-order valence-corrected chi connectivity index (χ2v) is 6.75. The molecule has 7 heteroatoms. The lowest BCUT2D eigenvalue weighted by atomic mass is 9.89. The van der Waals surface area contributed by atoms with Crippen molar-refractivity contribution in [3.8, 4) is 0 Å². The monoisotopic (exact) mass is 309 g/mol. The highest BCUT2D eigenvalue weighted by Gasteiger charge is 2.42. The highest BCUT2D eigenvalue weighted by Crippen LogP contribution is 2.35.